The molecule has 4 rings (SSSR count). The van der Waals surface area contributed by atoms with Crippen molar-refractivity contribution < 1.29 is 74.4 Å². The second kappa shape index (κ2) is 15.8. The maximum atomic E-state index is 13.8. The Labute approximate surface area is 340 Å². The molecule has 0 bridgehead atoms. The van der Waals surface area contributed by atoms with Gasteiger partial charge in [0.15, 0.2) is 9.32 Å². The van der Waals surface area contributed by atoms with Gasteiger partial charge in [-0.3, -0.25) is 0 Å². The zero-order chi connectivity index (χ0) is 42.1. The van der Waals surface area contributed by atoms with Crippen molar-refractivity contribution >= 4 is 63.8 Å². The van der Waals surface area contributed by atoms with Gasteiger partial charge in [0.1, 0.15) is 0 Å². The van der Waals surface area contributed by atoms with Crippen LogP contribution in [0.2, 0.25) is 21.3 Å². The Kier molecular flexibility index (Phi) is 13.4. The number of alkyl halides is 3. The first kappa shape index (κ1) is 46.5. The highest BCUT2D eigenvalue weighted by Gasteiger charge is 2.56. The van der Waals surface area contributed by atoms with E-state index >= 15 is 0 Å². The first-order valence-electron chi connectivity index (χ1n) is 18.5. The van der Waals surface area contributed by atoms with Crippen molar-refractivity contribution in [2.75, 3.05) is 0 Å². The van der Waals surface area contributed by atoms with Crippen molar-refractivity contribution in [3.05, 3.63) is 48.1 Å². The molecule has 0 spiro atoms. The van der Waals surface area contributed by atoms with Crippen LogP contribution in [0.25, 0.3) is 0 Å². The molecule has 0 radical (unpaired) electrons. The molecular weight excluding hydrogens is 845 g/mol. The third-order valence-electron chi connectivity index (χ3n) is 8.85. The molecule has 2 aromatic carbocycles. The Balaban J connectivity index is 2.11. The number of rotatable bonds is 6. The van der Waals surface area contributed by atoms with Gasteiger partial charge in [-0.1, -0.05) is 122 Å². The van der Waals surface area contributed by atoms with Gasteiger partial charge in [-0.2, -0.15) is 21.6 Å². The van der Waals surface area contributed by atoms with Gasteiger partial charge >= 0.3 is 79.5 Å². The fourth-order valence-electron chi connectivity index (χ4n) is 5.70. The van der Waals surface area contributed by atoms with E-state index in [1.54, 1.807) is 19.9 Å². The van der Waals surface area contributed by atoms with Crippen LogP contribution in [0.15, 0.2) is 24.3 Å². The molecule has 9 nitrogen and oxygen atoms in total. The molecule has 2 heterocycles. The summed E-state index contributed by atoms with van der Waals surface area (Å²) in [6.07, 6.45) is 0. The van der Waals surface area contributed by atoms with Gasteiger partial charge in [-0.25, -0.2) is 0 Å². The minimum absolute atomic E-state index is 0.335. The lowest BCUT2D eigenvalue weighted by Crippen LogP contribution is -3.63. The summed E-state index contributed by atoms with van der Waals surface area (Å²) < 4.78 is 112. The maximum Gasteiger partial charge on any atom is 0.534 e. The smallest absolute Gasteiger partial charge is 0.452 e. The molecule has 2 aliphatic rings. The number of halogens is 4. The van der Waals surface area contributed by atoms with Crippen LogP contribution in [0.4, 0.5) is 13.2 Å². The highest BCUT2D eigenvalue weighted by molar-refractivity contribution is 7.88. The van der Waals surface area contributed by atoms with E-state index in [4.69, 9.17) is 31.6 Å². The average Bonchev–Trinajstić information content (AvgIpc) is 2.99. The molecule has 0 aliphatic carbocycles. The summed E-state index contributed by atoms with van der Waals surface area (Å²) in [5.41, 5.74) is -2.80. The first-order valence-corrected chi connectivity index (χ1v) is 22.0. The Hall–Kier alpha value is -1.14. The topological polar surface area (TPSA) is 98.8 Å². The van der Waals surface area contributed by atoms with Crippen molar-refractivity contribution in [3.63, 3.8) is 0 Å². The van der Waals surface area contributed by atoms with E-state index in [0.29, 0.717) is 29.2 Å². The molecule has 0 unspecified atom stereocenters. The van der Waals surface area contributed by atoms with Crippen LogP contribution in [0.5, 0.6) is 5.75 Å². The molecule has 0 saturated carbocycles. The Morgan fingerprint density at radius 1 is 0.564 bits per heavy atom. The van der Waals surface area contributed by atoms with Gasteiger partial charge in [-0.05, 0) is 57.7 Å². The Morgan fingerprint density at radius 3 is 1.24 bits per heavy atom. The minimum atomic E-state index is -6.00. The molecular formula is C35H55B6F3IO9S+. The molecule has 0 N–H and O–H groups in total. The average molecular weight is 901 g/mol. The largest absolute Gasteiger partial charge is 0.534 e. The zero-order valence-electron chi connectivity index (χ0n) is 35.4. The fraction of sp³-hybridized carbons (Fsp3) is 0.657. The van der Waals surface area contributed by atoms with Gasteiger partial charge in [0.05, 0.1) is 0 Å². The summed E-state index contributed by atoms with van der Waals surface area (Å²) in [5.74, 6) is -0.387. The van der Waals surface area contributed by atoms with Crippen molar-refractivity contribution in [3.8, 4) is 5.75 Å². The van der Waals surface area contributed by atoms with Gasteiger partial charge in [0.2, 0.25) is 3.57 Å². The third kappa shape index (κ3) is 11.1. The van der Waals surface area contributed by atoms with Crippen LogP contribution in [0.3, 0.4) is 0 Å². The highest BCUT2D eigenvalue weighted by atomic mass is 127. The molecule has 2 saturated heterocycles. The standard InChI is InChI=1S/C35H55B6F3IO9S/c1-22-18-23(2)28(27(19-22)48-55(46,47)35(42,43)44)45-29-25(36-49-38(31(6,7)8)53-39(50-36)32(9,10)11)20-24(30(3,4)5)21-26(29)37-51-40(33(12,13)14)54-41(52-37)34(15,16)17/h18-21H,1-17H3/q+1. The lowest BCUT2D eigenvalue weighted by Gasteiger charge is -2.42. The Bertz CT molecular complexity index is 1720. The van der Waals surface area contributed by atoms with Crippen LogP contribution >= 0.6 is 0 Å². The molecule has 0 amide bonds. The van der Waals surface area contributed by atoms with Crippen LogP contribution in [-0.2, 0) is 43.0 Å². The van der Waals surface area contributed by atoms with Crippen molar-refractivity contribution in [2.45, 2.75) is 150 Å². The number of benzene rings is 2. The predicted molar refractivity (Wildman–Crippen MR) is 213 cm³/mol. The number of hydrogen-bond donors (Lipinski definition) is 0. The first-order chi connectivity index (χ1) is 24.6. The zero-order valence-corrected chi connectivity index (χ0v) is 38.3. The summed E-state index contributed by atoms with van der Waals surface area (Å²) >= 11 is -1.60. The number of aryl methyl sites for hydroxylation is 2. The monoisotopic (exact) mass is 901 g/mol. The summed E-state index contributed by atoms with van der Waals surface area (Å²) in [4.78, 5) is 0. The van der Waals surface area contributed by atoms with Crippen molar-refractivity contribution in [2.24, 2.45) is 0 Å². The maximum absolute atomic E-state index is 13.8. The van der Waals surface area contributed by atoms with Crippen molar-refractivity contribution in [1.29, 1.82) is 0 Å². The molecule has 0 atom stereocenters. The molecule has 55 heavy (non-hydrogen) atoms. The van der Waals surface area contributed by atoms with Crippen LogP contribution in [0, 0.1) is 21.0 Å². The molecule has 2 aliphatic heterocycles. The number of hydrogen-bond acceptors (Lipinski definition) is 9. The predicted octanol–water partition coefficient (Wildman–Crippen LogP) is 4.63. The van der Waals surface area contributed by atoms with Crippen LogP contribution in [-0.4, -0.2) is 56.6 Å². The van der Waals surface area contributed by atoms with E-state index in [0.717, 1.165) is 5.56 Å². The Morgan fingerprint density at radius 2 is 0.927 bits per heavy atom. The van der Waals surface area contributed by atoms with E-state index in [2.05, 4.69) is 20.8 Å². The molecule has 2 fully saturated rings. The normalized spacial score (nSPS) is 17.4. The minimum Gasteiger partial charge on any atom is -0.452 e. The van der Waals surface area contributed by atoms with Crippen LogP contribution in [0.1, 0.15) is 121 Å². The quantitative estimate of drug-likeness (QED) is 0.178. The lowest BCUT2D eigenvalue weighted by molar-refractivity contribution is -0.595. The summed E-state index contributed by atoms with van der Waals surface area (Å²) in [6.45, 7) is 33.7. The van der Waals surface area contributed by atoms with Gasteiger partial charge in [-0.15, -0.1) is 0 Å². The SMILES string of the molecule is Cc1cc(C)c([I+]c2c(B3OB(C(C)(C)C)OB(C(C)(C)C)O3)cc(C(C)(C)C)cc2B2OB(C(C)(C)C)OB(C(C)(C)C)O2)c(OS(=O)(=O)C(F)(F)F)c1. The lowest BCUT2D eigenvalue weighted by atomic mass is 9.49. The summed E-state index contributed by atoms with van der Waals surface area (Å²) in [6, 6.07) is 7.14. The third-order valence-corrected chi connectivity index (χ3v) is 13.5. The van der Waals surface area contributed by atoms with Crippen molar-refractivity contribution in [1.82, 2.24) is 0 Å². The van der Waals surface area contributed by atoms with Crippen LogP contribution < -0.4 is 36.3 Å². The van der Waals surface area contributed by atoms with E-state index in [1.165, 1.54) is 6.07 Å². The van der Waals surface area contributed by atoms with Gasteiger partial charge < -0.3 is 31.6 Å². The second-order valence-corrected chi connectivity index (χ2v) is 24.2. The van der Waals surface area contributed by atoms with E-state index in [-0.39, 0.29) is 5.75 Å². The van der Waals surface area contributed by atoms with E-state index in [1.807, 2.05) is 95.2 Å². The molecule has 300 valence electrons. The molecule has 0 aromatic heterocycles. The van der Waals surface area contributed by atoms with E-state index < -0.39 is 106 Å². The summed E-state index contributed by atoms with van der Waals surface area (Å²) in [5, 5.41) is -1.89. The second-order valence-electron chi connectivity index (χ2n) is 20.0. The van der Waals surface area contributed by atoms with Gasteiger partial charge in [0.25, 0.3) is 0 Å². The highest BCUT2D eigenvalue weighted by Crippen LogP contribution is 2.39. The molecule has 20 heteroatoms. The summed E-state index contributed by atoms with van der Waals surface area (Å²) in [7, 11) is -10.8. The van der Waals surface area contributed by atoms with E-state index in [9.17, 15) is 21.6 Å². The fourth-order valence-corrected chi connectivity index (χ4v) is 9.41. The molecule has 2 aromatic rings. The van der Waals surface area contributed by atoms with Gasteiger partial charge in [0, 0.05) is 16.5 Å².